The van der Waals surface area contributed by atoms with Crippen molar-refractivity contribution < 1.29 is 43.3 Å². The molecule has 2 aromatic carbocycles. The number of hydrogen-bond donors (Lipinski definition) is 2. The number of aliphatic carboxylic acids is 1. The van der Waals surface area contributed by atoms with Crippen molar-refractivity contribution in [2.24, 2.45) is 29.1 Å². The number of carboxylic acids is 1. The largest absolute Gasteiger partial charge is 0.508 e. The van der Waals surface area contributed by atoms with Crippen molar-refractivity contribution in [2.45, 2.75) is 51.4 Å². The average Bonchev–Trinajstić information content (AvgIpc) is 3.38. The smallest absolute Gasteiger partial charge is 0.303 e. The summed E-state index contributed by atoms with van der Waals surface area (Å²) in [4.78, 5) is 69.3. The standard InChI is InChI=1S/C34H34ClFN2O8/c1-34-23(31(43)38(33(34)45)17-7-11-25(36)24(35)14-17)16-21-19(29(34)22-15-18(46-2)8-12-26(22)39)9-10-20-28(21)32(44)37(30(20)42)13-5-3-4-6-27(40)41/h7-9,11-12,14-15,20-21,23,28-29,39H,3-6,10,13,16H2,1-2H3,(H,40,41). The highest BCUT2D eigenvalue weighted by Gasteiger charge is 2.67. The summed E-state index contributed by atoms with van der Waals surface area (Å²) in [5.41, 5.74) is -0.241. The number of likely N-dealkylation sites (tertiary alicyclic amines) is 1. The third kappa shape index (κ3) is 4.87. The summed E-state index contributed by atoms with van der Waals surface area (Å²) in [6.45, 7) is 1.85. The normalized spacial score (nSPS) is 28.6. The molecule has 2 aliphatic carbocycles. The maximum absolute atomic E-state index is 14.5. The van der Waals surface area contributed by atoms with Crippen molar-refractivity contribution in [1.29, 1.82) is 0 Å². The zero-order chi connectivity index (χ0) is 33.1. The fourth-order valence-corrected chi connectivity index (χ4v) is 8.30. The second-order valence-corrected chi connectivity index (χ2v) is 13.1. The first kappa shape index (κ1) is 31.7. The molecule has 4 amide bonds. The number of nitrogens with zero attached hydrogens (tertiary/aromatic N) is 2. The van der Waals surface area contributed by atoms with Gasteiger partial charge in [-0.05, 0) is 74.9 Å². The molecule has 2 aromatic rings. The highest BCUT2D eigenvalue weighted by molar-refractivity contribution is 6.31. The van der Waals surface area contributed by atoms with Crippen LogP contribution in [-0.2, 0) is 24.0 Å². The number of methoxy groups -OCH3 is 1. The van der Waals surface area contributed by atoms with Gasteiger partial charge in [0.05, 0.1) is 41.0 Å². The predicted molar refractivity (Wildman–Crippen MR) is 164 cm³/mol. The minimum atomic E-state index is -1.41. The summed E-state index contributed by atoms with van der Waals surface area (Å²) in [6.07, 6.45) is 3.71. The molecule has 2 heterocycles. The average molecular weight is 653 g/mol. The molecule has 6 rings (SSSR count). The Morgan fingerprint density at radius 2 is 1.80 bits per heavy atom. The predicted octanol–water partition coefficient (Wildman–Crippen LogP) is 5.07. The van der Waals surface area contributed by atoms with E-state index in [-0.39, 0.29) is 54.1 Å². The number of carbonyl (C=O) groups excluding carboxylic acids is 4. The molecule has 4 aliphatic rings. The molecule has 0 aromatic heterocycles. The number of fused-ring (bicyclic) bond motifs is 4. The molecule has 46 heavy (non-hydrogen) atoms. The molecule has 12 heteroatoms. The molecule has 2 aliphatic heterocycles. The molecule has 3 fully saturated rings. The van der Waals surface area contributed by atoms with E-state index in [4.69, 9.17) is 21.4 Å². The number of carboxylic acid groups (broad SMARTS) is 1. The summed E-state index contributed by atoms with van der Waals surface area (Å²) in [5, 5.41) is 19.9. The number of rotatable bonds is 9. The van der Waals surface area contributed by atoms with Crippen LogP contribution in [0.2, 0.25) is 5.02 Å². The lowest BCUT2D eigenvalue weighted by molar-refractivity contribution is -0.141. The van der Waals surface area contributed by atoms with E-state index in [1.807, 2.05) is 6.08 Å². The highest BCUT2D eigenvalue weighted by atomic mass is 35.5. The van der Waals surface area contributed by atoms with Crippen molar-refractivity contribution >= 4 is 46.9 Å². The number of allylic oxidation sites excluding steroid dienone is 2. The van der Waals surface area contributed by atoms with Gasteiger partial charge in [0.2, 0.25) is 23.6 Å². The zero-order valence-electron chi connectivity index (χ0n) is 25.4. The van der Waals surface area contributed by atoms with Crippen LogP contribution in [0.3, 0.4) is 0 Å². The zero-order valence-corrected chi connectivity index (χ0v) is 26.1. The Morgan fingerprint density at radius 3 is 2.50 bits per heavy atom. The van der Waals surface area contributed by atoms with Gasteiger partial charge in [-0.15, -0.1) is 0 Å². The Morgan fingerprint density at radius 1 is 1.04 bits per heavy atom. The van der Waals surface area contributed by atoms with Gasteiger partial charge in [-0.25, -0.2) is 9.29 Å². The number of imide groups is 2. The number of carbonyl (C=O) groups is 5. The molecule has 2 saturated heterocycles. The van der Waals surface area contributed by atoms with Crippen LogP contribution in [0.1, 0.15) is 56.9 Å². The number of phenols is 1. The minimum Gasteiger partial charge on any atom is -0.508 e. The van der Waals surface area contributed by atoms with Gasteiger partial charge >= 0.3 is 5.97 Å². The first-order valence-corrected chi connectivity index (χ1v) is 15.7. The van der Waals surface area contributed by atoms with Crippen LogP contribution in [0.15, 0.2) is 48.0 Å². The van der Waals surface area contributed by atoms with E-state index in [9.17, 15) is 33.5 Å². The van der Waals surface area contributed by atoms with E-state index in [2.05, 4.69) is 0 Å². The minimum absolute atomic E-state index is 0.00898. The second kappa shape index (κ2) is 11.8. The lowest BCUT2D eigenvalue weighted by Crippen LogP contribution is -2.48. The molecule has 10 nitrogen and oxygen atoms in total. The molecule has 0 spiro atoms. The molecule has 0 radical (unpaired) electrons. The third-order valence-corrected chi connectivity index (χ3v) is 10.6. The van der Waals surface area contributed by atoms with Gasteiger partial charge in [0.1, 0.15) is 17.3 Å². The number of hydrogen-bond acceptors (Lipinski definition) is 7. The first-order valence-electron chi connectivity index (χ1n) is 15.4. The quantitative estimate of drug-likeness (QED) is 0.217. The number of ether oxygens (including phenoxy) is 1. The lowest BCUT2D eigenvalue weighted by atomic mass is 9.51. The van der Waals surface area contributed by atoms with E-state index in [0.29, 0.717) is 36.1 Å². The molecular formula is C34H34ClFN2O8. The number of unbranched alkanes of at least 4 members (excludes halogenated alkanes) is 2. The number of aromatic hydroxyl groups is 1. The molecule has 1 saturated carbocycles. The summed E-state index contributed by atoms with van der Waals surface area (Å²) >= 11 is 6.04. The van der Waals surface area contributed by atoms with Crippen molar-refractivity contribution in [3.05, 3.63) is 64.5 Å². The van der Waals surface area contributed by atoms with E-state index in [1.54, 1.807) is 19.1 Å². The van der Waals surface area contributed by atoms with Crippen LogP contribution in [-0.4, -0.2) is 58.4 Å². The van der Waals surface area contributed by atoms with E-state index in [1.165, 1.54) is 30.2 Å². The molecule has 6 atom stereocenters. The second-order valence-electron chi connectivity index (χ2n) is 12.7. The van der Waals surface area contributed by atoms with Crippen molar-refractivity contribution in [1.82, 2.24) is 4.90 Å². The van der Waals surface area contributed by atoms with Gasteiger partial charge in [-0.1, -0.05) is 29.7 Å². The number of phenolic OH excluding ortho intramolecular Hbond substituents is 1. The molecular weight excluding hydrogens is 619 g/mol. The van der Waals surface area contributed by atoms with Gasteiger partial charge in [-0.2, -0.15) is 0 Å². The number of benzene rings is 2. The van der Waals surface area contributed by atoms with E-state index in [0.717, 1.165) is 11.0 Å². The molecule has 0 bridgehead atoms. The van der Waals surface area contributed by atoms with Crippen LogP contribution in [0.25, 0.3) is 0 Å². The maximum Gasteiger partial charge on any atom is 0.303 e. The number of anilines is 1. The lowest BCUT2D eigenvalue weighted by Gasteiger charge is -2.49. The monoisotopic (exact) mass is 652 g/mol. The number of amides is 4. The fourth-order valence-electron chi connectivity index (χ4n) is 8.13. The van der Waals surface area contributed by atoms with Gasteiger partial charge < -0.3 is 14.9 Å². The maximum atomic E-state index is 14.5. The Labute approximate surface area is 269 Å². The van der Waals surface area contributed by atoms with E-state index >= 15 is 0 Å². The van der Waals surface area contributed by atoms with Crippen LogP contribution < -0.4 is 9.64 Å². The summed E-state index contributed by atoms with van der Waals surface area (Å²) in [6, 6.07) is 8.27. The van der Waals surface area contributed by atoms with Crippen molar-refractivity contribution in [2.75, 3.05) is 18.6 Å². The van der Waals surface area contributed by atoms with Gasteiger partial charge in [0.15, 0.2) is 0 Å². The van der Waals surface area contributed by atoms with E-state index < -0.39 is 58.6 Å². The topological polar surface area (TPSA) is 142 Å². The Kier molecular flexibility index (Phi) is 8.16. The Balaban J connectivity index is 1.41. The van der Waals surface area contributed by atoms with Crippen LogP contribution in [0, 0.1) is 34.9 Å². The van der Waals surface area contributed by atoms with Crippen molar-refractivity contribution in [3.63, 3.8) is 0 Å². The Hall–Kier alpha value is -4.25. The van der Waals surface area contributed by atoms with Gasteiger partial charge in [0, 0.05) is 24.4 Å². The summed E-state index contributed by atoms with van der Waals surface area (Å²) < 4.78 is 19.5. The summed E-state index contributed by atoms with van der Waals surface area (Å²) in [5.74, 6) is -6.78. The first-order chi connectivity index (χ1) is 21.9. The van der Waals surface area contributed by atoms with Gasteiger partial charge in [-0.3, -0.25) is 28.9 Å². The van der Waals surface area contributed by atoms with Crippen LogP contribution in [0.4, 0.5) is 10.1 Å². The molecule has 6 unspecified atom stereocenters. The van der Waals surface area contributed by atoms with Crippen molar-refractivity contribution in [3.8, 4) is 11.5 Å². The van der Waals surface area contributed by atoms with Crippen LogP contribution >= 0.6 is 11.6 Å². The summed E-state index contributed by atoms with van der Waals surface area (Å²) in [7, 11) is 1.47. The third-order valence-electron chi connectivity index (χ3n) is 10.3. The van der Waals surface area contributed by atoms with Crippen LogP contribution in [0.5, 0.6) is 11.5 Å². The molecule has 2 N–H and O–H groups in total. The number of halogens is 2. The SMILES string of the molecule is COc1ccc(O)c(C2C3=CCC4C(=O)N(CCCCCC(=O)O)C(=O)C4C3CC3C(=O)N(c4ccc(F)c(Cl)c4)C(=O)C32C)c1. The fraction of sp³-hybridized carbons (Fsp3) is 0.441. The van der Waals surface area contributed by atoms with Gasteiger partial charge in [0.25, 0.3) is 0 Å². The molecule has 242 valence electrons. The Bertz CT molecular complexity index is 1690. The highest BCUT2D eigenvalue weighted by Crippen LogP contribution is 2.64.